The summed E-state index contributed by atoms with van der Waals surface area (Å²) in [5.41, 5.74) is 8.98. The standard InChI is InChI=1S/C22H19N7O2/c1-13(21(24)30)31-19-7-15(17-11-26-29(2)12-17)6-18(8-19)27-22-25-10-16-5-14(9-23)3-4-20(16)28-22/h3-8,10-13H,1-2H3,(H2,24,30)(H,25,27,28). The van der Waals surface area contributed by atoms with Crippen LogP contribution in [0.25, 0.3) is 22.0 Å². The molecule has 1 amide bonds. The lowest BCUT2D eigenvalue weighted by Crippen LogP contribution is -2.30. The Kier molecular flexibility index (Phi) is 5.20. The van der Waals surface area contributed by atoms with E-state index in [4.69, 9.17) is 15.7 Å². The Morgan fingerprint density at radius 3 is 2.77 bits per heavy atom. The van der Waals surface area contributed by atoms with Crippen molar-refractivity contribution < 1.29 is 9.53 Å². The smallest absolute Gasteiger partial charge is 0.258 e. The SMILES string of the molecule is CC(Oc1cc(Nc2ncc3cc(C#N)ccc3n2)cc(-c2cnn(C)c2)c1)C(N)=O. The predicted octanol–water partition coefficient (Wildman–Crippen LogP) is 2.90. The molecule has 3 N–H and O–H groups in total. The highest BCUT2D eigenvalue weighted by Gasteiger charge is 2.13. The molecule has 0 fully saturated rings. The van der Waals surface area contributed by atoms with Crippen LogP contribution < -0.4 is 15.8 Å². The molecule has 0 bridgehead atoms. The number of nitrogens with one attached hydrogen (secondary N) is 1. The molecule has 0 saturated heterocycles. The number of hydrogen-bond acceptors (Lipinski definition) is 7. The Bertz CT molecular complexity index is 1320. The van der Waals surface area contributed by atoms with Crippen LogP contribution in [-0.4, -0.2) is 31.8 Å². The van der Waals surface area contributed by atoms with E-state index in [0.29, 0.717) is 28.5 Å². The number of aromatic nitrogens is 4. The van der Waals surface area contributed by atoms with Gasteiger partial charge in [-0.05, 0) is 42.8 Å². The Morgan fingerprint density at radius 2 is 2.06 bits per heavy atom. The largest absolute Gasteiger partial charge is 0.481 e. The lowest BCUT2D eigenvalue weighted by molar-refractivity contribution is -0.123. The molecule has 0 aliphatic rings. The van der Waals surface area contributed by atoms with E-state index in [0.717, 1.165) is 16.5 Å². The first-order valence-electron chi connectivity index (χ1n) is 9.45. The molecule has 0 radical (unpaired) electrons. The van der Waals surface area contributed by atoms with Crippen molar-refractivity contribution in [2.24, 2.45) is 12.8 Å². The molecule has 31 heavy (non-hydrogen) atoms. The maximum atomic E-state index is 11.4. The minimum absolute atomic E-state index is 0.384. The van der Waals surface area contributed by atoms with E-state index in [1.54, 1.807) is 48.3 Å². The minimum Gasteiger partial charge on any atom is -0.481 e. The number of primary amides is 1. The van der Waals surface area contributed by atoms with Crippen LogP contribution in [0.1, 0.15) is 12.5 Å². The Hall–Kier alpha value is -4.45. The molecule has 0 aliphatic carbocycles. The van der Waals surface area contributed by atoms with Crippen molar-refractivity contribution in [3.05, 3.63) is 60.6 Å². The van der Waals surface area contributed by atoms with Crippen LogP contribution in [0.5, 0.6) is 5.75 Å². The number of amides is 1. The second-order valence-corrected chi connectivity index (χ2v) is 7.02. The number of carbonyl (C=O) groups is 1. The molecule has 0 saturated carbocycles. The molecule has 2 heterocycles. The Labute approximate surface area is 178 Å². The number of rotatable bonds is 6. The van der Waals surface area contributed by atoms with Crippen LogP contribution in [0.15, 0.2) is 55.0 Å². The summed E-state index contributed by atoms with van der Waals surface area (Å²) in [4.78, 5) is 20.3. The third-order valence-corrected chi connectivity index (χ3v) is 4.62. The number of hydrogen-bond donors (Lipinski definition) is 2. The molecular formula is C22H19N7O2. The zero-order valence-electron chi connectivity index (χ0n) is 16.9. The summed E-state index contributed by atoms with van der Waals surface area (Å²) in [6, 6.07) is 12.8. The van der Waals surface area contributed by atoms with Gasteiger partial charge in [0.25, 0.3) is 5.91 Å². The molecule has 9 heteroatoms. The molecule has 2 aromatic carbocycles. The van der Waals surface area contributed by atoms with Crippen LogP contribution in [0.3, 0.4) is 0 Å². The zero-order valence-corrected chi connectivity index (χ0v) is 16.9. The number of ether oxygens (including phenoxy) is 1. The number of nitrogens with two attached hydrogens (primary N) is 1. The van der Waals surface area contributed by atoms with Crippen LogP contribution in [0.2, 0.25) is 0 Å². The molecule has 0 spiro atoms. The second kappa shape index (κ2) is 8.12. The first-order chi connectivity index (χ1) is 14.9. The van der Waals surface area contributed by atoms with Gasteiger partial charge in [-0.1, -0.05) is 0 Å². The molecule has 9 nitrogen and oxygen atoms in total. The summed E-state index contributed by atoms with van der Waals surface area (Å²) in [5.74, 6) is 0.292. The van der Waals surface area contributed by atoms with E-state index >= 15 is 0 Å². The average molecular weight is 413 g/mol. The maximum absolute atomic E-state index is 11.4. The van der Waals surface area contributed by atoms with Crippen LogP contribution in [-0.2, 0) is 11.8 Å². The van der Waals surface area contributed by atoms with Crippen molar-refractivity contribution in [2.75, 3.05) is 5.32 Å². The molecule has 4 rings (SSSR count). The van der Waals surface area contributed by atoms with E-state index in [1.807, 2.05) is 25.4 Å². The summed E-state index contributed by atoms with van der Waals surface area (Å²) < 4.78 is 7.40. The summed E-state index contributed by atoms with van der Waals surface area (Å²) in [5, 5.41) is 17.2. The lowest BCUT2D eigenvalue weighted by Gasteiger charge is -2.14. The third kappa shape index (κ3) is 4.43. The first kappa shape index (κ1) is 19.8. The molecule has 0 aliphatic heterocycles. The van der Waals surface area contributed by atoms with E-state index in [-0.39, 0.29) is 0 Å². The van der Waals surface area contributed by atoms with Crippen molar-refractivity contribution in [1.29, 1.82) is 5.26 Å². The molecule has 1 unspecified atom stereocenters. The third-order valence-electron chi connectivity index (χ3n) is 4.62. The maximum Gasteiger partial charge on any atom is 0.258 e. The summed E-state index contributed by atoms with van der Waals surface area (Å²) in [7, 11) is 1.83. The molecular weight excluding hydrogens is 394 g/mol. The van der Waals surface area contributed by atoms with Gasteiger partial charge in [0.05, 0.1) is 23.3 Å². The Morgan fingerprint density at radius 1 is 1.23 bits per heavy atom. The van der Waals surface area contributed by atoms with Gasteiger partial charge in [-0.3, -0.25) is 9.48 Å². The number of nitriles is 1. The quantitative estimate of drug-likeness (QED) is 0.497. The van der Waals surface area contributed by atoms with Crippen molar-refractivity contribution in [2.45, 2.75) is 13.0 Å². The number of anilines is 2. The van der Waals surface area contributed by atoms with Gasteiger partial charge >= 0.3 is 0 Å². The highest BCUT2D eigenvalue weighted by atomic mass is 16.5. The fourth-order valence-electron chi connectivity index (χ4n) is 3.03. The van der Waals surface area contributed by atoms with E-state index in [2.05, 4.69) is 26.5 Å². The fraction of sp³-hybridized carbons (Fsp3) is 0.136. The van der Waals surface area contributed by atoms with Crippen LogP contribution >= 0.6 is 0 Å². The average Bonchev–Trinajstić information content (AvgIpc) is 3.19. The van der Waals surface area contributed by atoms with Crippen LogP contribution in [0, 0.1) is 11.3 Å². The Balaban J connectivity index is 1.70. The minimum atomic E-state index is -0.789. The van der Waals surface area contributed by atoms with Crippen molar-refractivity contribution in [3.63, 3.8) is 0 Å². The topological polar surface area (TPSA) is 132 Å². The van der Waals surface area contributed by atoms with Crippen molar-refractivity contribution >= 4 is 28.4 Å². The predicted molar refractivity (Wildman–Crippen MR) is 115 cm³/mol. The van der Waals surface area contributed by atoms with Gasteiger partial charge in [-0.15, -0.1) is 0 Å². The fourth-order valence-corrected chi connectivity index (χ4v) is 3.03. The van der Waals surface area contributed by atoms with Crippen LogP contribution in [0.4, 0.5) is 11.6 Å². The monoisotopic (exact) mass is 413 g/mol. The van der Waals surface area contributed by atoms with Gasteiger partial charge in [0, 0.05) is 42.1 Å². The van der Waals surface area contributed by atoms with Gasteiger partial charge in [0.2, 0.25) is 5.95 Å². The van der Waals surface area contributed by atoms with E-state index < -0.39 is 12.0 Å². The van der Waals surface area contributed by atoms with Gasteiger partial charge in [-0.2, -0.15) is 10.4 Å². The molecule has 154 valence electrons. The summed E-state index contributed by atoms with van der Waals surface area (Å²) in [6.45, 7) is 1.59. The number of carbonyl (C=O) groups excluding carboxylic acids is 1. The van der Waals surface area contributed by atoms with E-state index in [1.165, 1.54) is 0 Å². The van der Waals surface area contributed by atoms with E-state index in [9.17, 15) is 4.79 Å². The van der Waals surface area contributed by atoms with Gasteiger partial charge < -0.3 is 15.8 Å². The van der Waals surface area contributed by atoms with Gasteiger partial charge in [-0.25, -0.2) is 9.97 Å². The van der Waals surface area contributed by atoms with Crippen molar-refractivity contribution in [3.8, 4) is 22.9 Å². The summed E-state index contributed by atoms with van der Waals surface area (Å²) >= 11 is 0. The lowest BCUT2D eigenvalue weighted by atomic mass is 10.1. The highest BCUT2D eigenvalue weighted by Crippen LogP contribution is 2.30. The number of aryl methyl sites for hydroxylation is 1. The molecule has 1 atom stereocenters. The number of nitrogens with zero attached hydrogens (tertiary/aromatic N) is 5. The van der Waals surface area contributed by atoms with Gasteiger partial charge in [0.15, 0.2) is 6.10 Å². The second-order valence-electron chi connectivity index (χ2n) is 7.02. The van der Waals surface area contributed by atoms with Crippen molar-refractivity contribution in [1.82, 2.24) is 19.7 Å². The normalized spacial score (nSPS) is 11.6. The number of fused-ring (bicyclic) bond motifs is 1. The first-order valence-corrected chi connectivity index (χ1v) is 9.45. The number of benzene rings is 2. The summed E-state index contributed by atoms with van der Waals surface area (Å²) in [6.07, 6.45) is 4.48. The molecule has 2 aromatic heterocycles. The molecule has 4 aromatic rings. The van der Waals surface area contributed by atoms with Gasteiger partial charge in [0.1, 0.15) is 5.75 Å². The zero-order chi connectivity index (χ0) is 22.0. The highest BCUT2D eigenvalue weighted by molar-refractivity contribution is 5.81.